The molecule has 2 aliphatic rings. The summed E-state index contributed by atoms with van der Waals surface area (Å²) in [6.07, 6.45) is 2.77. The Morgan fingerprint density at radius 1 is 1.13 bits per heavy atom. The van der Waals surface area contributed by atoms with E-state index in [2.05, 4.69) is 37.9 Å². The molecule has 0 unspecified atom stereocenters. The molecule has 0 radical (unpaired) electrons. The van der Waals surface area contributed by atoms with Crippen molar-refractivity contribution in [2.45, 2.75) is 47.0 Å². The zero-order valence-corrected chi connectivity index (χ0v) is 18.4. The number of aliphatic imine (C=N–C) groups is 1. The van der Waals surface area contributed by atoms with Crippen LogP contribution in [0.1, 0.15) is 52.5 Å². The van der Waals surface area contributed by atoms with Gasteiger partial charge in [-0.25, -0.2) is 4.99 Å². The third-order valence-corrected chi connectivity index (χ3v) is 5.59. The normalized spacial score (nSPS) is 16.7. The Morgan fingerprint density at radius 2 is 1.87 bits per heavy atom. The molecule has 0 bridgehead atoms. The van der Waals surface area contributed by atoms with E-state index in [0.29, 0.717) is 6.42 Å². The molecule has 0 aromatic heterocycles. The Hall–Kier alpha value is -2.82. The number of amidine groups is 1. The molecule has 2 aromatic rings. The van der Waals surface area contributed by atoms with Gasteiger partial charge < -0.3 is 15.0 Å². The fraction of sp³-hybridized carbons (Fsp3) is 0.440. The number of amides is 1. The van der Waals surface area contributed by atoms with Gasteiger partial charge in [-0.3, -0.25) is 4.79 Å². The Kier molecular flexibility index (Phi) is 5.54. The lowest BCUT2D eigenvalue weighted by atomic mass is 9.92. The molecule has 0 spiro atoms. The molecular weight excluding hydrogens is 374 g/mol. The van der Waals surface area contributed by atoms with E-state index < -0.39 is 0 Å². The van der Waals surface area contributed by atoms with Crippen LogP contribution in [0.2, 0.25) is 0 Å². The molecule has 2 heterocycles. The van der Waals surface area contributed by atoms with Gasteiger partial charge in [0.2, 0.25) is 5.91 Å². The SMILES string of the molecule is CC1CCN(C2=Nc3ccccc3Oc3ccc(NC(=O)CC(C)(C)C)cc32)CC1. The van der Waals surface area contributed by atoms with Gasteiger partial charge in [-0.05, 0) is 54.5 Å². The van der Waals surface area contributed by atoms with Gasteiger partial charge in [0.1, 0.15) is 17.3 Å². The summed E-state index contributed by atoms with van der Waals surface area (Å²) in [6, 6.07) is 13.7. The predicted molar refractivity (Wildman–Crippen MR) is 122 cm³/mol. The molecule has 2 aromatic carbocycles. The van der Waals surface area contributed by atoms with Crippen molar-refractivity contribution >= 4 is 23.1 Å². The fourth-order valence-electron chi connectivity index (χ4n) is 3.95. The third-order valence-electron chi connectivity index (χ3n) is 5.59. The maximum Gasteiger partial charge on any atom is 0.224 e. The molecule has 2 aliphatic heterocycles. The Balaban J connectivity index is 1.70. The van der Waals surface area contributed by atoms with Gasteiger partial charge in [-0.2, -0.15) is 0 Å². The van der Waals surface area contributed by atoms with Crippen molar-refractivity contribution in [2.75, 3.05) is 18.4 Å². The van der Waals surface area contributed by atoms with Crippen LogP contribution in [0.5, 0.6) is 11.5 Å². The van der Waals surface area contributed by atoms with Gasteiger partial charge in [0, 0.05) is 25.2 Å². The topological polar surface area (TPSA) is 53.9 Å². The van der Waals surface area contributed by atoms with Crippen molar-refractivity contribution < 1.29 is 9.53 Å². The van der Waals surface area contributed by atoms with E-state index >= 15 is 0 Å². The number of fused-ring (bicyclic) bond motifs is 2. The number of hydrogen-bond acceptors (Lipinski definition) is 4. The molecular formula is C25H31N3O2. The van der Waals surface area contributed by atoms with Gasteiger partial charge in [0.25, 0.3) is 0 Å². The first-order valence-electron chi connectivity index (χ1n) is 10.8. The van der Waals surface area contributed by atoms with E-state index in [1.807, 2.05) is 42.5 Å². The second kappa shape index (κ2) is 8.13. The highest BCUT2D eigenvalue weighted by molar-refractivity contribution is 6.05. The van der Waals surface area contributed by atoms with Crippen molar-refractivity contribution in [3.8, 4) is 11.5 Å². The number of ether oxygens (including phenoxy) is 1. The van der Waals surface area contributed by atoms with Crippen LogP contribution in [0.4, 0.5) is 11.4 Å². The smallest absolute Gasteiger partial charge is 0.224 e. The molecule has 1 amide bonds. The van der Waals surface area contributed by atoms with Crippen molar-refractivity contribution in [3.63, 3.8) is 0 Å². The minimum Gasteiger partial charge on any atom is -0.454 e. The van der Waals surface area contributed by atoms with Crippen LogP contribution in [-0.2, 0) is 4.79 Å². The molecule has 0 saturated carbocycles. The second-order valence-electron chi connectivity index (χ2n) is 9.67. The second-order valence-corrected chi connectivity index (χ2v) is 9.67. The van der Waals surface area contributed by atoms with Gasteiger partial charge in [0.05, 0.1) is 5.56 Å². The zero-order chi connectivity index (χ0) is 21.3. The van der Waals surface area contributed by atoms with Crippen LogP contribution in [0.15, 0.2) is 47.5 Å². The molecule has 1 fully saturated rings. The van der Waals surface area contributed by atoms with E-state index in [9.17, 15) is 4.79 Å². The summed E-state index contributed by atoms with van der Waals surface area (Å²) in [5.74, 6) is 3.20. The summed E-state index contributed by atoms with van der Waals surface area (Å²) in [5.41, 5.74) is 2.48. The predicted octanol–water partition coefficient (Wildman–Crippen LogP) is 5.98. The largest absolute Gasteiger partial charge is 0.454 e. The van der Waals surface area contributed by atoms with Crippen LogP contribution < -0.4 is 10.1 Å². The van der Waals surface area contributed by atoms with E-state index in [-0.39, 0.29) is 11.3 Å². The van der Waals surface area contributed by atoms with E-state index in [1.165, 1.54) is 0 Å². The van der Waals surface area contributed by atoms with Crippen molar-refractivity contribution in [1.82, 2.24) is 4.90 Å². The number of nitrogens with zero attached hydrogens (tertiary/aromatic N) is 2. The Morgan fingerprint density at radius 3 is 2.60 bits per heavy atom. The first kappa shape index (κ1) is 20.5. The van der Waals surface area contributed by atoms with Gasteiger partial charge in [0.15, 0.2) is 5.75 Å². The number of carbonyl (C=O) groups is 1. The molecule has 4 rings (SSSR count). The maximum absolute atomic E-state index is 12.5. The number of nitrogens with one attached hydrogen (secondary N) is 1. The average molecular weight is 406 g/mol. The monoisotopic (exact) mass is 405 g/mol. The minimum atomic E-state index is -0.0579. The van der Waals surface area contributed by atoms with E-state index in [4.69, 9.17) is 9.73 Å². The van der Waals surface area contributed by atoms with Crippen molar-refractivity contribution in [2.24, 2.45) is 16.3 Å². The summed E-state index contributed by atoms with van der Waals surface area (Å²) < 4.78 is 6.23. The van der Waals surface area contributed by atoms with Crippen LogP contribution >= 0.6 is 0 Å². The lowest BCUT2D eigenvalue weighted by molar-refractivity contribution is -0.117. The highest BCUT2D eigenvalue weighted by Gasteiger charge is 2.26. The molecule has 1 N–H and O–H groups in total. The van der Waals surface area contributed by atoms with Crippen LogP contribution in [-0.4, -0.2) is 29.7 Å². The third kappa shape index (κ3) is 4.66. The fourth-order valence-corrected chi connectivity index (χ4v) is 3.95. The summed E-state index contributed by atoms with van der Waals surface area (Å²) in [4.78, 5) is 19.8. The molecule has 5 nitrogen and oxygen atoms in total. The highest BCUT2D eigenvalue weighted by Crippen LogP contribution is 2.39. The number of carbonyl (C=O) groups excluding carboxylic acids is 1. The molecule has 5 heteroatoms. The number of hydrogen-bond donors (Lipinski definition) is 1. The van der Waals surface area contributed by atoms with Crippen molar-refractivity contribution in [3.05, 3.63) is 48.0 Å². The molecule has 1 saturated heterocycles. The molecule has 158 valence electrons. The van der Waals surface area contributed by atoms with E-state index in [1.54, 1.807) is 0 Å². The number of likely N-dealkylation sites (tertiary alicyclic amines) is 1. The summed E-state index contributed by atoms with van der Waals surface area (Å²) in [7, 11) is 0. The summed E-state index contributed by atoms with van der Waals surface area (Å²) in [5, 5.41) is 3.05. The first-order chi connectivity index (χ1) is 14.3. The van der Waals surface area contributed by atoms with Crippen molar-refractivity contribution in [1.29, 1.82) is 0 Å². The van der Waals surface area contributed by atoms with Gasteiger partial charge >= 0.3 is 0 Å². The number of benzene rings is 2. The minimum absolute atomic E-state index is 0.0190. The van der Waals surface area contributed by atoms with Gasteiger partial charge in [-0.15, -0.1) is 0 Å². The van der Waals surface area contributed by atoms with E-state index in [0.717, 1.165) is 66.1 Å². The summed E-state index contributed by atoms with van der Waals surface area (Å²) >= 11 is 0. The number of rotatable bonds is 2. The molecule has 0 atom stereocenters. The van der Waals surface area contributed by atoms with Gasteiger partial charge in [-0.1, -0.05) is 39.8 Å². The Bertz CT molecular complexity index is 967. The average Bonchev–Trinajstić information content (AvgIpc) is 2.84. The Labute approximate surface area is 179 Å². The lowest BCUT2D eigenvalue weighted by Gasteiger charge is -2.33. The molecule has 0 aliphatic carbocycles. The zero-order valence-electron chi connectivity index (χ0n) is 18.4. The van der Waals surface area contributed by atoms with Crippen LogP contribution in [0, 0.1) is 11.3 Å². The standard InChI is InChI=1S/C25H31N3O2/c1-17-11-13-28(14-12-17)24-19-15-18(26-23(29)16-25(2,3)4)9-10-21(19)30-22-8-6-5-7-20(22)27-24/h5-10,15,17H,11-14,16H2,1-4H3,(H,26,29). The quantitative estimate of drug-likeness (QED) is 0.669. The number of piperidine rings is 1. The number of para-hydroxylation sites is 2. The first-order valence-corrected chi connectivity index (χ1v) is 10.8. The summed E-state index contributed by atoms with van der Waals surface area (Å²) in [6.45, 7) is 10.5. The van der Waals surface area contributed by atoms with Crippen LogP contribution in [0.3, 0.4) is 0 Å². The number of anilines is 1. The van der Waals surface area contributed by atoms with Crippen LogP contribution in [0.25, 0.3) is 0 Å². The maximum atomic E-state index is 12.5. The highest BCUT2D eigenvalue weighted by atomic mass is 16.5. The molecule has 30 heavy (non-hydrogen) atoms. The lowest BCUT2D eigenvalue weighted by Crippen LogP contribution is -2.38.